The van der Waals surface area contributed by atoms with Crippen LogP contribution in [0.1, 0.15) is 55.6 Å². The second kappa shape index (κ2) is 7.26. The fourth-order valence-electron chi connectivity index (χ4n) is 4.09. The highest BCUT2D eigenvalue weighted by Gasteiger charge is 2.31. The molecule has 1 amide bonds. The van der Waals surface area contributed by atoms with Crippen LogP contribution in [0.3, 0.4) is 0 Å². The van der Waals surface area contributed by atoms with Gasteiger partial charge in [-0.25, -0.2) is 8.42 Å². The second-order valence-corrected chi connectivity index (χ2v) is 9.61. The molecule has 1 aromatic carbocycles. The van der Waals surface area contributed by atoms with Crippen LogP contribution in [-0.2, 0) is 14.6 Å². The maximum atomic E-state index is 12.4. The lowest BCUT2D eigenvalue weighted by molar-refractivity contribution is -0.129. The average Bonchev–Trinajstić information content (AvgIpc) is 3.25. The van der Waals surface area contributed by atoms with Crippen molar-refractivity contribution in [2.45, 2.75) is 56.6 Å². The van der Waals surface area contributed by atoms with E-state index in [0.717, 1.165) is 38.6 Å². The van der Waals surface area contributed by atoms with Crippen molar-refractivity contribution in [3.05, 3.63) is 35.4 Å². The Balaban J connectivity index is 1.54. The number of rotatable bonds is 5. The fraction of sp³-hybridized carbons (Fsp3) is 0.632. The van der Waals surface area contributed by atoms with Crippen molar-refractivity contribution in [3.8, 4) is 0 Å². The van der Waals surface area contributed by atoms with Crippen LogP contribution < -0.4 is 0 Å². The molecule has 0 spiro atoms. The minimum absolute atomic E-state index is 0.00680. The summed E-state index contributed by atoms with van der Waals surface area (Å²) in [4.78, 5) is 14.3. The molecule has 5 heteroatoms. The number of aryl methyl sites for hydroxylation is 1. The highest BCUT2D eigenvalue weighted by atomic mass is 32.2. The van der Waals surface area contributed by atoms with Crippen LogP contribution in [0, 0.1) is 6.92 Å². The average molecular weight is 349 g/mol. The molecule has 1 heterocycles. The van der Waals surface area contributed by atoms with Crippen molar-refractivity contribution >= 4 is 15.7 Å². The van der Waals surface area contributed by atoms with Crippen LogP contribution >= 0.6 is 0 Å². The van der Waals surface area contributed by atoms with Gasteiger partial charge in [0.05, 0.1) is 11.0 Å². The molecule has 1 aliphatic heterocycles. The van der Waals surface area contributed by atoms with Gasteiger partial charge >= 0.3 is 0 Å². The van der Waals surface area contributed by atoms with Gasteiger partial charge in [-0.15, -0.1) is 0 Å². The summed E-state index contributed by atoms with van der Waals surface area (Å²) in [5.41, 5.74) is 2.58. The predicted molar refractivity (Wildman–Crippen MR) is 95.8 cm³/mol. The lowest BCUT2D eigenvalue weighted by Gasteiger charge is -2.18. The monoisotopic (exact) mass is 349 g/mol. The number of carbonyl (C=O) groups excluding carboxylic acids is 1. The minimum atomic E-state index is -3.10. The number of likely N-dealkylation sites (tertiary alicyclic amines) is 1. The lowest BCUT2D eigenvalue weighted by atomic mass is 9.94. The molecule has 1 aromatic rings. The second-order valence-electron chi connectivity index (χ2n) is 7.21. The van der Waals surface area contributed by atoms with Crippen LogP contribution in [0.4, 0.5) is 0 Å². The molecule has 0 bridgehead atoms. The van der Waals surface area contributed by atoms with Gasteiger partial charge in [0.1, 0.15) is 0 Å². The van der Waals surface area contributed by atoms with E-state index in [9.17, 15) is 13.2 Å². The third-order valence-corrected chi connectivity index (χ3v) is 7.84. The minimum Gasteiger partial charge on any atom is -0.342 e. The summed E-state index contributed by atoms with van der Waals surface area (Å²) in [5.74, 6) is 0.386. The van der Waals surface area contributed by atoms with Gasteiger partial charge in [-0.2, -0.15) is 0 Å². The van der Waals surface area contributed by atoms with Crippen LogP contribution in [0.2, 0.25) is 0 Å². The summed E-state index contributed by atoms with van der Waals surface area (Å²) in [5, 5.41) is -0.205. The van der Waals surface area contributed by atoms with Crippen LogP contribution in [0.15, 0.2) is 24.3 Å². The summed E-state index contributed by atoms with van der Waals surface area (Å²) >= 11 is 0. The van der Waals surface area contributed by atoms with Gasteiger partial charge in [-0.1, -0.05) is 37.1 Å². The Kier molecular flexibility index (Phi) is 5.28. The van der Waals surface area contributed by atoms with E-state index in [1.54, 1.807) is 0 Å². The lowest BCUT2D eigenvalue weighted by Crippen LogP contribution is -2.31. The third kappa shape index (κ3) is 3.82. The van der Waals surface area contributed by atoms with E-state index >= 15 is 0 Å². The first-order valence-corrected chi connectivity index (χ1v) is 10.7. The number of amides is 1. The first-order chi connectivity index (χ1) is 11.5. The van der Waals surface area contributed by atoms with Gasteiger partial charge in [-0.3, -0.25) is 4.79 Å². The summed E-state index contributed by atoms with van der Waals surface area (Å²) < 4.78 is 24.6. The molecular formula is C19H27NO3S. The van der Waals surface area contributed by atoms with E-state index in [2.05, 4.69) is 19.1 Å². The van der Waals surface area contributed by atoms with E-state index in [4.69, 9.17) is 0 Å². The SMILES string of the molecule is Cc1ccccc1C1CCN(C(=O)CCS(=O)(=O)C2CCCC2)C1. The Morgan fingerprint density at radius 3 is 2.58 bits per heavy atom. The molecule has 1 aliphatic carbocycles. The van der Waals surface area contributed by atoms with E-state index in [1.165, 1.54) is 11.1 Å². The number of benzene rings is 1. The molecule has 0 N–H and O–H groups in total. The number of sulfone groups is 1. The number of hydrogen-bond donors (Lipinski definition) is 0. The molecule has 0 aromatic heterocycles. The van der Waals surface area contributed by atoms with Crippen LogP contribution in [0.25, 0.3) is 0 Å². The van der Waals surface area contributed by atoms with Gasteiger partial charge in [-0.05, 0) is 37.3 Å². The number of hydrogen-bond acceptors (Lipinski definition) is 3. The van der Waals surface area contributed by atoms with Crippen molar-refractivity contribution in [2.24, 2.45) is 0 Å². The topological polar surface area (TPSA) is 54.5 Å². The van der Waals surface area contributed by atoms with Gasteiger partial charge in [0.25, 0.3) is 0 Å². The molecule has 2 aliphatic rings. The molecule has 1 saturated carbocycles. The standard InChI is InChI=1S/C19H27NO3S/c1-15-6-2-5-9-18(15)16-10-12-20(14-16)19(21)11-13-24(22,23)17-7-3-4-8-17/h2,5-6,9,16-17H,3-4,7-8,10-14H2,1H3. The first-order valence-electron chi connectivity index (χ1n) is 9.02. The molecule has 1 atom stereocenters. The molecule has 132 valence electrons. The predicted octanol–water partition coefficient (Wildman–Crippen LogP) is 3.06. The molecule has 2 fully saturated rings. The number of nitrogens with zero attached hydrogens (tertiary/aromatic N) is 1. The molecule has 1 saturated heterocycles. The highest BCUT2D eigenvalue weighted by molar-refractivity contribution is 7.92. The van der Waals surface area contributed by atoms with Crippen molar-refractivity contribution in [1.82, 2.24) is 4.90 Å². The van der Waals surface area contributed by atoms with Gasteiger partial charge < -0.3 is 4.90 Å². The van der Waals surface area contributed by atoms with Gasteiger partial charge in [0, 0.05) is 25.4 Å². The summed E-state index contributed by atoms with van der Waals surface area (Å²) in [6, 6.07) is 8.32. The molecule has 0 radical (unpaired) electrons. The van der Waals surface area contributed by atoms with Crippen LogP contribution in [-0.4, -0.2) is 43.3 Å². The molecule has 24 heavy (non-hydrogen) atoms. The van der Waals surface area contributed by atoms with E-state index < -0.39 is 9.84 Å². The zero-order valence-corrected chi connectivity index (χ0v) is 15.2. The summed E-state index contributed by atoms with van der Waals surface area (Å²) in [7, 11) is -3.10. The zero-order valence-electron chi connectivity index (χ0n) is 14.4. The third-order valence-electron chi connectivity index (χ3n) is 5.58. The normalized spacial score (nSPS) is 22.2. The summed E-state index contributed by atoms with van der Waals surface area (Å²) in [6.07, 6.45) is 4.65. The van der Waals surface area contributed by atoms with E-state index in [-0.39, 0.29) is 23.3 Å². The van der Waals surface area contributed by atoms with Crippen LogP contribution in [0.5, 0.6) is 0 Å². The largest absolute Gasteiger partial charge is 0.342 e. The van der Waals surface area contributed by atoms with E-state index in [1.807, 2.05) is 17.0 Å². The summed E-state index contributed by atoms with van der Waals surface area (Å²) in [6.45, 7) is 3.56. The Labute approximate surface area is 145 Å². The first kappa shape index (κ1) is 17.5. The molecule has 1 unspecified atom stereocenters. The quantitative estimate of drug-likeness (QED) is 0.821. The molecular weight excluding hydrogens is 322 g/mol. The maximum Gasteiger partial charge on any atom is 0.223 e. The smallest absolute Gasteiger partial charge is 0.223 e. The number of carbonyl (C=O) groups is 1. The van der Waals surface area contributed by atoms with Crippen molar-refractivity contribution in [3.63, 3.8) is 0 Å². The Hall–Kier alpha value is -1.36. The molecule has 4 nitrogen and oxygen atoms in total. The zero-order chi connectivity index (χ0) is 17.2. The van der Waals surface area contributed by atoms with E-state index in [0.29, 0.717) is 12.5 Å². The highest BCUT2D eigenvalue weighted by Crippen LogP contribution is 2.30. The Bertz CT molecular complexity index is 692. The van der Waals surface area contributed by atoms with Gasteiger partial charge in [0.2, 0.25) is 5.91 Å². The molecule has 3 rings (SSSR count). The van der Waals surface area contributed by atoms with Crippen molar-refractivity contribution in [1.29, 1.82) is 0 Å². The van der Waals surface area contributed by atoms with Crippen molar-refractivity contribution in [2.75, 3.05) is 18.8 Å². The van der Waals surface area contributed by atoms with Gasteiger partial charge in [0.15, 0.2) is 9.84 Å². The van der Waals surface area contributed by atoms with Crippen molar-refractivity contribution < 1.29 is 13.2 Å². The Morgan fingerprint density at radius 2 is 1.88 bits per heavy atom. The fourth-order valence-corrected chi connectivity index (χ4v) is 5.93. The Morgan fingerprint density at radius 1 is 1.17 bits per heavy atom. The maximum absolute atomic E-state index is 12.4.